The van der Waals surface area contributed by atoms with Gasteiger partial charge in [0.1, 0.15) is 0 Å². The van der Waals surface area contributed by atoms with E-state index in [1.54, 1.807) is 0 Å². The number of aryl methyl sites for hydroxylation is 1. The zero-order valence-electron chi connectivity index (χ0n) is 8.75. The molecule has 1 nitrogen and oxygen atoms in total. The van der Waals surface area contributed by atoms with Gasteiger partial charge in [-0.25, -0.2) is 0 Å². The van der Waals surface area contributed by atoms with Crippen molar-refractivity contribution in [2.24, 2.45) is 0 Å². The van der Waals surface area contributed by atoms with Gasteiger partial charge in [-0.2, -0.15) is 0 Å². The van der Waals surface area contributed by atoms with Crippen molar-refractivity contribution in [3.05, 3.63) is 47.5 Å². The molecule has 0 atom stereocenters. The molecule has 15 heavy (non-hydrogen) atoms. The van der Waals surface area contributed by atoms with E-state index < -0.39 is 0 Å². The van der Waals surface area contributed by atoms with Crippen molar-refractivity contribution in [3.8, 4) is 0 Å². The summed E-state index contributed by atoms with van der Waals surface area (Å²) in [6, 6.07) is 11.0. The lowest BCUT2D eigenvalue weighted by molar-refractivity contribution is 1.32. The molecule has 2 aromatic carbocycles. The Morgan fingerprint density at radius 2 is 2.07 bits per heavy atom. The lowest BCUT2D eigenvalue weighted by Crippen LogP contribution is -2.04. The van der Waals surface area contributed by atoms with Crippen LogP contribution in [0.25, 0.3) is 16.8 Å². The van der Waals surface area contributed by atoms with Gasteiger partial charge in [0.2, 0.25) is 0 Å². The van der Waals surface area contributed by atoms with Crippen LogP contribution in [0.4, 0.5) is 5.69 Å². The van der Waals surface area contributed by atoms with Crippen molar-refractivity contribution in [2.45, 2.75) is 6.92 Å². The SMILES string of the molecule is Cc1ccc2c3c(ccc2c1)C=CCN3. The quantitative estimate of drug-likeness (QED) is 0.677. The van der Waals surface area contributed by atoms with Crippen LogP contribution in [-0.4, -0.2) is 6.54 Å². The summed E-state index contributed by atoms with van der Waals surface area (Å²) in [4.78, 5) is 0. The predicted molar refractivity (Wildman–Crippen MR) is 66.2 cm³/mol. The number of fused-ring (bicyclic) bond motifs is 3. The standard InChI is InChI=1S/C14H13N/c1-10-4-7-13-12(9-10)6-5-11-3-2-8-15-14(11)13/h2-7,9,15H,8H2,1H3. The van der Waals surface area contributed by atoms with E-state index >= 15 is 0 Å². The maximum absolute atomic E-state index is 3.44. The first kappa shape index (κ1) is 8.54. The van der Waals surface area contributed by atoms with Crippen LogP contribution < -0.4 is 5.32 Å². The molecule has 0 aliphatic carbocycles. The number of rotatable bonds is 0. The van der Waals surface area contributed by atoms with E-state index in [4.69, 9.17) is 0 Å². The highest BCUT2D eigenvalue weighted by atomic mass is 14.9. The van der Waals surface area contributed by atoms with Gasteiger partial charge >= 0.3 is 0 Å². The van der Waals surface area contributed by atoms with E-state index in [0.717, 1.165) is 6.54 Å². The number of hydrogen-bond donors (Lipinski definition) is 1. The average molecular weight is 195 g/mol. The van der Waals surface area contributed by atoms with Gasteiger partial charge < -0.3 is 5.32 Å². The third kappa shape index (κ3) is 1.32. The topological polar surface area (TPSA) is 12.0 Å². The minimum Gasteiger partial charge on any atom is -0.381 e. The lowest BCUT2D eigenvalue weighted by atomic mass is 10.0. The Hall–Kier alpha value is -1.76. The molecule has 0 spiro atoms. The molecular formula is C14H13N. The fourth-order valence-electron chi connectivity index (χ4n) is 2.15. The van der Waals surface area contributed by atoms with E-state index in [0.29, 0.717) is 0 Å². The van der Waals surface area contributed by atoms with Crippen molar-refractivity contribution >= 4 is 22.5 Å². The molecule has 1 N–H and O–H groups in total. The van der Waals surface area contributed by atoms with Gasteiger partial charge in [0, 0.05) is 17.6 Å². The van der Waals surface area contributed by atoms with Crippen LogP contribution in [-0.2, 0) is 0 Å². The van der Waals surface area contributed by atoms with Crippen LogP contribution in [0.5, 0.6) is 0 Å². The Morgan fingerprint density at radius 1 is 1.13 bits per heavy atom. The highest BCUT2D eigenvalue weighted by Gasteiger charge is 2.07. The van der Waals surface area contributed by atoms with Gasteiger partial charge in [0.05, 0.1) is 0 Å². The van der Waals surface area contributed by atoms with Crippen molar-refractivity contribution in [2.75, 3.05) is 11.9 Å². The lowest BCUT2D eigenvalue weighted by Gasteiger charge is -2.15. The average Bonchev–Trinajstić information content (AvgIpc) is 2.28. The highest BCUT2D eigenvalue weighted by Crippen LogP contribution is 2.30. The molecule has 0 amide bonds. The normalized spacial score (nSPS) is 13.7. The van der Waals surface area contributed by atoms with Crippen LogP contribution >= 0.6 is 0 Å². The van der Waals surface area contributed by atoms with Gasteiger partial charge in [0.15, 0.2) is 0 Å². The third-order valence-electron chi connectivity index (χ3n) is 2.90. The van der Waals surface area contributed by atoms with Gasteiger partial charge in [-0.05, 0) is 17.9 Å². The van der Waals surface area contributed by atoms with Gasteiger partial charge in [-0.1, -0.05) is 48.0 Å². The van der Waals surface area contributed by atoms with Crippen LogP contribution in [0.2, 0.25) is 0 Å². The van der Waals surface area contributed by atoms with Crippen LogP contribution in [0.15, 0.2) is 36.4 Å². The van der Waals surface area contributed by atoms with Crippen LogP contribution in [0.3, 0.4) is 0 Å². The Kier molecular flexibility index (Phi) is 1.78. The van der Waals surface area contributed by atoms with Crippen molar-refractivity contribution < 1.29 is 0 Å². The fraction of sp³-hybridized carbons (Fsp3) is 0.143. The smallest absolute Gasteiger partial charge is 0.0495 e. The summed E-state index contributed by atoms with van der Waals surface area (Å²) in [5.41, 5.74) is 3.88. The molecule has 0 aromatic heterocycles. The molecule has 1 heterocycles. The molecule has 0 fully saturated rings. The van der Waals surface area contributed by atoms with Crippen molar-refractivity contribution in [3.63, 3.8) is 0 Å². The summed E-state index contributed by atoms with van der Waals surface area (Å²) in [7, 11) is 0. The van der Waals surface area contributed by atoms with E-state index in [1.807, 2.05) is 0 Å². The van der Waals surface area contributed by atoms with E-state index in [-0.39, 0.29) is 0 Å². The first-order chi connectivity index (χ1) is 7.34. The van der Waals surface area contributed by atoms with Gasteiger partial charge in [0.25, 0.3) is 0 Å². The molecule has 1 heteroatoms. The first-order valence-corrected chi connectivity index (χ1v) is 5.28. The second-order valence-electron chi connectivity index (χ2n) is 4.04. The second-order valence-corrected chi connectivity index (χ2v) is 4.04. The Labute approximate surface area is 89.4 Å². The largest absolute Gasteiger partial charge is 0.381 e. The maximum atomic E-state index is 3.44. The summed E-state index contributed by atoms with van der Waals surface area (Å²) >= 11 is 0. The summed E-state index contributed by atoms with van der Waals surface area (Å²) in [5, 5.41) is 6.08. The molecular weight excluding hydrogens is 182 g/mol. The minimum absolute atomic E-state index is 0.931. The molecule has 0 saturated heterocycles. The summed E-state index contributed by atoms with van der Waals surface area (Å²) in [5.74, 6) is 0. The molecule has 3 rings (SSSR count). The zero-order valence-corrected chi connectivity index (χ0v) is 8.75. The van der Waals surface area contributed by atoms with E-state index in [1.165, 1.54) is 27.6 Å². The predicted octanol–water partition coefficient (Wildman–Crippen LogP) is 3.59. The second kappa shape index (κ2) is 3.13. The number of anilines is 1. The van der Waals surface area contributed by atoms with Gasteiger partial charge in [-0.15, -0.1) is 0 Å². The Bertz CT molecular complexity index is 553. The molecule has 0 saturated carbocycles. The fourth-order valence-corrected chi connectivity index (χ4v) is 2.15. The van der Waals surface area contributed by atoms with E-state index in [9.17, 15) is 0 Å². The summed E-state index contributed by atoms with van der Waals surface area (Å²) < 4.78 is 0. The van der Waals surface area contributed by atoms with Crippen molar-refractivity contribution in [1.29, 1.82) is 0 Å². The van der Waals surface area contributed by atoms with Crippen LogP contribution in [0.1, 0.15) is 11.1 Å². The van der Waals surface area contributed by atoms with Crippen molar-refractivity contribution in [1.82, 2.24) is 0 Å². The van der Waals surface area contributed by atoms with Gasteiger partial charge in [-0.3, -0.25) is 0 Å². The number of hydrogen-bond acceptors (Lipinski definition) is 1. The Morgan fingerprint density at radius 3 is 3.00 bits per heavy atom. The summed E-state index contributed by atoms with van der Waals surface area (Å²) in [6.45, 7) is 3.06. The van der Waals surface area contributed by atoms with E-state index in [2.05, 4.69) is 54.7 Å². The monoisotopic (exact) mass is 195 g/mol. The number of benzene rings is 2. The van der Waals surface area contributed by atoms with Crippen LogP contribution in [0, 0.1) is 6.92 Å². The summed E-state index contributed by atoms with van der Waals surface area (Å²) in [6.07, 6.45) is 4.34. The maximum Gasteiger partial charge on any atom is 0.0495 e. The molecule has 0 radical (unpaired) electrons. The molecule has 74 valence electrons. The molecule has 2 aromatic rings. The highest BCUT2D eigenvalue weighted by molar-refractivity contribution is 5.99. The zero-order chi connectivity index (χ0) is 10.3. The Balaban J connectivity index is 2.37. The molecule has 0 bridgehead atoms. The first-order valence-electron chi connectivity index (χ1n) is 5.28. The minimum atomic E-state index is 0.931. The number of nitrogens with one attached hydrogen (secondary N) is 1. The molecule has 0 unspecified atom stereocenters. The molecule has 1 aliphatic rings. The third-order valence-corrected chi connectivity index (χ3v) is 2.90. The molecule has 1 aliphatic heterocycles.